The fraction of sp³-hybridized carbons (Fsp3) is 0.188. The van der Waals surface area contributed by atoms with Crippen LogP contribution in [0.15, 0.2) is 40.9 Å². The lowest BCUT2D eigenvalue weighted by atomic mass is 10.0. The molecule has 3 nitrogen and oxygen atoms in total. The van der Waals surface area contributed by atoms with Crippen molar-refractivity contribution in [2.24, 2.45) is 0 Å². The molecule has 0 radical (unpaired) electrons. The zero-order valence-electron chi connectivity index (χ0n) is 11.7. The summed E-state index contributed by atoms with van der Waals surface area (Å²) in [5, 5.41) is 0.356. The molecule has 2 aromatic carbocycles. The van der Waals surface area contributed by atoms with E-state index in [-0.39, 0.29) is 5.78 Å². The Bertz CT molecular complexity index is 671. The molecule has 0 spiro atoms. The number of Topliss-reactive ketones (excluding diaryl/α,β-unsaturated/α-hetero) is 1. The fourth-order valence-corrected chi connectivity index (χ4v) is 2.75. The van der Waals surface area contributed by atoms with Gasteiger partial charge in [0.05, 0.1) is 19.2 Å². The molecule has 2 rings (SSSR count). The smallest absolute Gasteiger partial charge is 0.179 e. The van der Waals surface area contributed by atoms with E-state index >= 15 is 0 Å². The number of ether oxygens (including phenoxy) is 2. The molecule has 2 aromatic rings. The van der Waals surface area contributed by atoms with Crippen molar-refractivity contribution in [3.8, 4) is 11.5 Å². The Hall–Kier alpha value is -1.52. The Labute approximate surface area is 137 Å². The number of carbonyl (C=O) groups excluding carboxylic acids is 1. The van der Waals surface area contributed by atoms with Gasteiger partial charge in [0.15, 0.2) is 17.3 Å². The first-order chi connectivity index (χ1) is 10.0. The lowest BCUT2D eigenvalue weighted by molar-refractivity contribution is 0.0992. The van der Waals surface area contributed by atoms with Gasteiger partial charge in [0.2, 0.25) is 0 Å². The van der Waals surface area contributed by atoms with Crippen molar-refractivity contribution < 1.29 is 14.3 Å². The predicted molar refractivity (Wildman–Crippen MR) is 86.7 cm³/mol. The average Bonchev–Trinajstić information content (AvgIpc) is 2.46. The number of hydrogen-bond acceptors (Lipinski definition) is 3. The summed E-state index contributed by atoms with van der Waals surface area (Å²) in [4.78, 5) is 12.4. The minimum absolute atomic E-state index is 0.0315. The van der Waals surface area contributed by atoms with Crippen molar-refractivity contribution in [2.45, 2.75) is 6.42 Å². The molecule has 0 amide bonds. The van der Waals surface area contributed by atoms with Crippen molar-refractivity contribution in [1.82, 2.24) is 0 Å². The summed E-state index contributed by atoms with van der Waals surface area (Å²) < 4.78 is 11.3. The first kappa shape index (κ1) is 15.9. The second-order valence-electron chi connectivity index (χ2n) is 4.42. The summed E-state index contributed by atoms with van der Waals surface area (Å²) >= 11 is 9.51. The molecule has 0 saturated carbocycles. The highest BCUT2D eigenvalue weighted by molar-refractivity contribution is 9.10. The van der Waals surface area contributed by atoms with E-state index in [1.807, 2.05) is 24.3 Å². The minimum atomic E-state index is -0.0315. The predicted octanol–water partition coefficient (Wildman–Crippen LogP) is 4.55. The molecule has 5 heteroatoms. The minimum Gasteiger partial charge on any atom is -0.493 e. The molecular weight excluding hydrogens is 356 g/mol. The monoisotopic (exact) mass is 368 g/mol. The van der Waals surface area contributed by atoms with Crippen LogP contribution in [0.3, 0.4) is 0 Å². The molecule has 21 heavy (non-hydrogen) atoms. The first-order valence-corrected chi connectivity index (χ1v) is 7.41. The van der Waals surface area contributed by atoms with Crippen LogP contribution >= 0.6 is 27.5 Å². The number of carbonyl (C=O) groups is 1. The number of halogens is 2. The Morgan fingerprint density at radius 1 is 1.19 bits per heavy atom. The number of benzene rings is 2. The van der Waals surface area contributed by atoms with Crippen LogP contribution in [0, 0.1) is 0 Å². The van der Waals surface area contributed by atoms with Crippen LogP contribution < -0.4 is 9.47 Å². The third-order valence-electron chi connectivity index (χ3n) is 3.01. The van der Waals surface area contributed by atoms with Gasteiger partial charge in [-0.05, 0) is 29.8 Å². The highest BCUT2D eigenvalue weighted by atomic mass is 79.9. The summed E-state index contributed by atoms with van der Waals surface area (Å²) in [6.07, 6.45) is 0.297. The maximum atomic E-state index is 12.4. The molecule has 0 fully saturated rings. The third kappa shape index (κ3) is 3.77. The molecule has 0 aromatic heterocycles. The van der Waals surface area contributed by atoms with Crippen LogP contribution in [-0.4, -0.2) is 20.0 Å². The normalized spacial score (nSPS) is 10.3. The van der Waals surface area contributed by atoms with Gasteiger partial charge < -0.3 is 9.47 Å². The lowest BCUT2D eigenvalue weighted by Crippen LogP contribution is -2.05. The molecule has 0 saturated heterocycles. The molecule has 0 bridgehead atoms. The van der Waals surface area contributed by atoms with Gasteiger partial charge in [0.25, 0.3) is 0 Å². The summed E-state index contributed by atoms with van der Waals surface area (Å²) in [6, 6.07) is 10.9. The van der Waals surface area contributed by atoms with E-state index in [9.17, 15) is 4.79 Å². The maximum absolute atomic E-state index is 12.4. The summed E-state index contributed by atoms with van der Waals surface area (Å²) in [6.45, 7) is 0. The Kier molecular flexibility index (Phi) is 5.26. The van der Waals surface area contributed by atoms with Crippen LogP contribution in [0.2, 0.25) is 5.02 Å². The number of rotatable bonds is 5. The lowest BCUT2D eigenvalue weighted by Gasteiger charge is -2.11. The van der Waals surface area contributed by atoms with Crippen LogP contribution in [0.25, 0.3) is 0 Å². The summed E-state index contributed by atoms with van der Waals surface area (Å²) in [7, 11) is 3.02. The highest BCUT2D eigenvalue weighted by Gasteiger charge is 2.15. The first-order valence-electron chi connectivity index (χ1n) is 6.24. The maximum Gasteiger partial charge on any atom is 0.179 e. The van der Waals surface area contributed by atoms with E-state index in [0.717, 1.165) is 10.0 Å². The molecule has 0 heterocycles. The molecule has 0 N–H and O–H groups in total. The van der Waals surface area contributed by atoms with Gasteiger partial charge >= 0.3 is 0 Å². The summed E-state index contributed by atoms with van der Waals surface area (Å²) in [5.41, 5.74) is 1.43. The number of hydrogen-bond donors (Lipinski definition) is 0. The van der Waals surface area contributed by atoms with Gasteiger partial charge in [-0.15, -0.1) is 0 Å². The van der Waals surface area contributed by atoms with Gasteiger partial charge in [-0.2, -0.15) is 0 Å². The van der Waals surface area contributed by atoms with Crippen molar-refractivity contribution in [1.29, 1.82) is 0 Å². The van der Waals surface area contributed by atoms with Gasteiger partial charge in [-0.3, -0.25) is 4.79 Å². The molecule has 0 aliphatic heterocycles. The van der Waals surface area contributed by atoms with Crippen molar-refractivity contribution >= 4 is 33.3 Å². The quantitative estimate of drug-likeness (QED) is 0.726. The SMILES string of the molecule is COc1cc(C(=O)Cc2cccc(Br)c2)cc(Cl)c1OC. The van der Waals surface area contributed by atoms with E-state index in [0.29, 0.717) is 28.5 Å². The number of ketones is 1. The zero-order valence-corrected chi connectivity index (χ0v) is 14.0. The third-order valence-corrected chi connectivity index (χ3v) is 3.78. The van der Waals surface area contributed by atoms with Gasteiger partial charge in [-0.1, -0.05) is 39.7 Å². The average molecular weight is 370 g/mol. The molecule has 0 atom stereocenters. The molecular formula is C16H14BrClO3. The Morgan fingerprint density at radius 2 is 1.95 bits per heavy atom. The second-order valence-corrected chi connectivity index (χ2v) is 5.75. The Morgan fingerprint density at radius 3 is 2.57 bits per heavy atom. The zero-order chi connectivity index (χ0) is 15.4. The van der Waals surface area contributed by atoms with E-state index in [2.05, 4.69) is 15.9 Å². The van der Waals surface area contributed by atoms with Crippen molar-refractivity contribution in [3.63, 3.8) is 0 Å². The standard InChI is InChI=1S/C16H14BrClO3/c1-20-15-9-11(8-13(18)16(15)21-2)14(19)7-10-4-3-5-12(17)6-10/h3-6,8-9H,7H2,1-2H3. The van der Waals surface area contributed by atoms with Crippen LogP contribution in [-0.2, 0) is 6.42 Å². The topological polar surface area (TPSA) is 35.5 Å². The van der Waals surface area contributed by atoms with Gasteiger partial charge in [0.1, 0.15) is 0 Å². The fourth-order valence-electron chi connectivity index (χ4n) is 2.01. The molecule has 0 unspecified atom stereocenters. The Balaban J connectivity index is 2.29. The van der Waals surface area contributed by atoms with Crippen LogP contribution in [0.1, 0.15) is 15.9 Å². The highest BCUT2D eigenvalue weighted by Crippen LogP contribution is 2.36. The van der Waals surface area contributed by atoms with Crippen molar-refractivity contribution in [2.75, 3.05) is 14.2 Å². The van der Waals surface area contributed by atoms with Crippen LogP contribution in [0.5, 0.6) is 11.5 Å². The van der Waals surface area contributed by atoms with Gasteiger partial charge in [-0.25, -0.2) is 0 Å². The summed E-state index contributed by atoms with van der Waals surface area (Å²) in [5.74, 6) is 0.844. The van der Waals surface area contributed by atoms with Crippen LogP contribution in [0.4, 0.5) is 0 Å². The second kappa shape index (κ2) is 6.96. The van der Waals surface area contributed by atoms with Gasteiger partial charge in [0, 0.05) is 16.5 Å². The van der Waals surface area contributed by atoms with Crippen molar-refractivity contribution in [3.05, 3.63) is 57.0 Å². The molecule has 0 aliphatic rings. The number of methoxy groups -OCH3 is 2. The van der Waals surface area contributed by atoms with E-state index < -0.39 is 0 Å². The van der Waals surface area contributed by atoms with E-state index in [1.165, 1.54) is 14.2 Å². The molecule has 110 valence electrons. The van der Waals surface area contributed by atoms with E-state index in [1.54, 1.807) is 12.1 Å². The van der Waals surface area contributed by atoms with E-state index in [4.69, 9.17) is 21.1 Å². The molecule has 0 aliphatic carbocycles. The largest absolute Gasteiger partial charge is 0.493 e.